The van der Waals surface area contributed by atoms with Crippen LogP contribution in [0.25, 0.3) is 0 Å². The Morgan fingerprint density at radius 2 is 1.88 bits per heavy atom. The summed E-state index contributed by atoms with van der Waals surface area (Å²) < 4.78 is 0. The fourth-order valence-electron chi connectivity index (χ4n) is 2.93. The number of hydrogen-bond donors (Lipinski definition) is 1. The van der Waals surface area contributed by atoms with Gasteiger partial charge in [-0.15, -0.1) is 0 Å². The van der Waals surface area contributed by atoms with Crippen LogP contribution >= 0.6 is 0 Å². The van der Waals surface area contributed by atoms with Crippen LogP contribution in [0.5, 0.6) is 0 Å². The normalized spacial score (nSPS) is 22.9. The van der Waals surface area contributed by atoms with Gasteiger partial charge in [-0.05, 0) is 32.4 Å². The third kappa shape index (κ3) is 3.28. The Morgan fingerprint density at radius 1 is 1.24 bits per heavy atom. The van der Waals surface area contributed by atoms with Crippen molar-refractivity contribution in [1.82, 2.24) is 10.2 Å². The molecule has 0 bridgehead atoms. The average Bonchev–Trinajstić information content (AvgIpc) is 2.90. The molecule has 4 nitrogen and oxygen atoms in total. The van der Waals surface area contributed by atoms with Gasteiger partial charge in [0.25, 0.3) is 0 Å². The Balaban J connectivity index is 1.74. The maximum atomic E-state index is 12.2. The van der Waals surface area contributed by atoms with Gasteiger partial charge >= 0.3 is 0 Å². The van der Waals surface area contributed by atoms with Gasteiger partial charge < -0.3 is 4.90 Å². The molecule has 0 aromatic carbocycles. The number of nitrogens with zero attached hydrogens (tertiary/aromatic N) is 2. The molecule has 1 aliphatic carbocycles. The molecule has 96 valence electrons. The molecule has 1 saturated heterocycles. The number of hydrogen-bond acceptors (Lipinski definition) is 3. The molecule has 1 N–H and O–H groups in total. The van der Waals surface area contributed by atoms with Crippen molar-refractivity contribution < 1.29 is 4.79 Å². The summed E-state index contributed by atoms with van der Waals surface area (Å²) in [6.07, 6.45) is 6.79. The number of carbonyl (C=O) groups excluding carboxylic acids is 1. The van der Waals surface area contributed by atoms with Gasteiger partial charge in [-0.2, -0.15) is 0 Å². The zero-order valence-corrected chi connectivity index (χ0v) is 10.5. The zero-order valence-electron chi connectivity index (χ0n) is 10.5. The predicted molar refractivity (Wildman–Crippen MR) is 69.1 cm³/mol. The maximum absolute atomic E-state index is 12.2. The molecule has 1 amide bonds. The number of piperidine rings is 1. The van der Waals surface area contributed by atoms with Crippen molar-refractivity contribution in [3.05, 3.63) is 0 Å². The lowest BCUT2D eigenvalue weighted by molar-refractivity contribution is -0.136. The van der Waals surface area contributed by atoms with Gasteiger partial charge in [0, 0.05) is 25.0 Å². The van der Waals surface area contributed by atoms with E-state index in [0.717, 1.165) is 38.8 Å². The van der Waals surface area contributed by atoms with Crippen LogP contribution in [0.4, 0.5) is 0 Å². The molecule has 17 heavy (non-hydrogen) atoms. The molecule has 1 saturated carbocycles. The second-order valence-corrected chi connectivity index (χ2v) is 5.17. The largest absolute Gasteiger partial charge is 0.342 e. The Bertz CT molecular complexity index is 266. The summed E-state index contributed by atoms with van der Waals surface area (Å²) in [6, 6.07) is 0.508. The highest BCUT2D eigenvalue weighted by atomic mass is 16.2. The molecule has 0 spiro atoms. The van der Waals surface area contributed by atoms with Gasteiger partial charge in [-0.3, -0.25) is 15.1 Å². The van der Waals surface area contributed by atoms with Gasteiger partial charge in [0.05, 0.1) is 6.67 Å². The number of amides is 1. The molecule has 0 aromatic rings. The first-order chi connectivity index (χ1) is 8.31. The highest BCUT2D eigenvalue weighted by Gasteiger charge is 2.29. The summed E-state index contributed by atoms with van der Waals surface area (Å²) in [6.45, 7) is 5.90. The number of nitrogens with one attached hydrogen (secondary N) is 1. The third-order valence-electron chi connectivity index (χ3n) is 4.00. The molecule has 2 aliphatic rings. The molecule has 1 heterocycles. The minimum Gasteiger partial charge on any atom is -0.342 e. The monoisotopic (exact) mass is 237 g/mol. The van der Waals surface area contributed by atoms with Crippen LogP contribution in [0.2, 0.25) is 0 Å². The van der Waals surface area contributed by atoms with E-state index in [1.807, 2.05) is 0 Å². The van der Waals surface area contributed by atoms with Gasteiger partial charge in [-0.25, -0.2) is 0 Å². The van der Waals surface area contributed by atoms with Crippen molar-refractivity contribution in [1.29, 1.82) is 0 Å². The van der Waals surface area contributed by atoms with Crippen LogP contribution in [0.3, 0.4) is 0 Å². The van der Waals surface area contributed by atoms with E-state index in [1.54, 1.807) is 0 Å². The molecule has 0 radical (unpaired) electrons. The molecule has 0 aromatic heterocycles. The summed E-state index contributed by atoms with van der Waals surface area (Å²) >= 11 is 0. The van der Waals surface area contributed by atoms with E-state index in [2.05, 4.69) is 21.9 Å². The number of likely N-dealkylation sites (tertiary alicyclic amines) is 1. The van der Waals surface area contributed by atoms with Crippen molar-refractivity contribution in [2.24, 2.45) is 10.9 Å². The van der Waals surface area contributed by atoms with Gasteiger partial charge in [0.2, 0.25) is 5.91 Å². The first-order valence-electron chi connectivity index (χ1n) is 6.76. The molecule has 0 unspecified atom stereocenters. The lowest BCUT2D eigenvalue weighted by Gasteiger charge is -2.33. The number of carbonyl (C=O) groups is 1. The minimum absolute atomic E-state index is 0.328. The highest BCUT2D eigenvalue weighted by Crippen LogP contribution is 2.27. The fourth-order valence-corrected chi connectivity index (χ4v) is 2.93. The second kappa shape index (κ2) is 6.15. The minimum atomic E-state index is 0.328. The first kappa shape index (κ1) is 12.6. The molecule has 2 rings (SSSR count). The van der Waals surface area contributed by atoms with E-state index in [4.69, 9.17) is 0 Å². The van der Waals surface area contributed by atoms with Crippen molar-refractivity contribution in [3.63, 3.8) is 0 Å². The standard InChI is InChI=1S/C13H23N3O/c1-14-10-15-12-6-8-16(9-7-12)13(17)11-4-2-3-5-11/h11-12,15H,1-10H2. The van der Waals surface area contributed by atoms with E-state index in [1.165, 1.54) is 12.8 Å². The number of aliphatic imine (C=N–C) groups is 1. The zero-order chi connectivity index (χ0) is 12.1. The van der Waals surface area contributed by atoms with Crippen LogP contribution in [0, 0.1) is 5.92 Å². The number of rotatable bonds is 4. The van der Waals surface area contributed by atoms with E-state index in [-0.39, 0.29) is 0 Å². The van der Waals surface area contributed by atoms with Crippen LogP contribution in [0.1, 0.15) is 38.5 Å². The molecular formula is C13H23N3O. The van der Waals surface area contributed by atoms with E-state index in [9.17, 15) is 4.79 Å². The van der Waals surface area contributed by atoms with Crippen molar-refractivity contribution in [2.75, 3.05) is 19.8 Å². The second-order valence-electron chi connectivity index (χ2n) is 5.17. The lowest BCUT2D eigenvalue weighted by atomic mass is 10.0. The Labute approximate surface area is 103 Å². The predicted octanol–water partition coefficient (Wildman–Crippen LogP) is 1.42. The van der Waals surface area contributed by atoms with E-state index in [0.29, 0.717) is 24.5 Å². The summed E-state index contributed by atoms with van der Waals surface area (Å²) in [4.78, 5) is 18.1. The SMILES string of the molecule is C=NCNC1CCN(C(=O)C2CCCC2)CC1. The fraction of sp³-hybridized carbons (Fsp3) is 0.846. The topological polar surface area (TPSA) is 44.7 Å². The van der Waals surface area contributed by atoms with Crippen LogP contribution in [-0.4, -0.2) is 43.3 Å². The first-order valence-corrected chi connectivity index (χ1v) is 6.76. The molecule has 2 fully saturated rings. The van der Waals surface area contributed by atoms with Gasteiger partial charge in [0.15, 0.2) is 0 Å². The lowest BCUT2D eigenvalue weighted by Crippen LogP contribution is -2.46. The molecule has 1 aliphatic heterocycles. The summed E-state index contributed by atoms with van der Waals surface area (Å²) in [5.41, 5.74) is 0. The summed E-state index contributed by atoms with van der Waals surface area (Å²) in [7, 11) is 0. The van der Waals surface area contributed by atoms with Crippen LogP contribution in [-0.2, 0) is 4.79 Å². The van der Waals surface area contributed by atoms with Crippen molar-refractivity contribution >= 4 is 12.6 Å². The van der Waals surface area contributed by atoms with Gasteiger partial charge in [0.1, 0.15) is 0 Å². The van der Waals surface area contributed by atoms with Gasteiger partial charge in [-0.1, -0.05) is 12.8 Å². The maximum Gasteiger partial charge on any atom is 0.225 e. The van der Waals surface area contributed by atoms with Crippen molar-refractivity contribution in [2.45, 2.75) is 44.6 Å². The summed E-state index contributed by atoms with van der Waals surface area (Å²) in [5.74, 6) is 0.733. The molecular weight excluding hydrogens is 214 g/mol. The summed E-state index contributed by atoms with van der Waals surface area (Å²) in [5, 5.41) is 3.33. The highest BCUT2D eigenvalue weighted by molar-refractivity contribution is 5.79. The Morgan fingerprint density at radius 3 is 2.47 bits per heavy atom. The Hall–Kier alpha value is -0.900. The smallest absolute Gasteiger partial charge is 0.225 e. The quantitative estimate of drug-likeness (QED) is 0.751. The van der Waals surface area contributed by atoms with E-state index >= 15 is 0 Å². The molecule has 0 atom stereocenters. The van der Waals surface area contributed by atoms with Crippen LogP contribution < -0.4 is 5.32 Å². The third-order valence-corrected chi connectivity index (χ3v) is 4.00. The van der Waals surface area contributed by atoms with Crippen molar-refractivity contribution in [3.8, 4) is 0 Å². The average molecular weight is 237 g/mol. The van der Waals surface area contributed by atoms with Crippen LogP contribution in [0.15, 0.2) is 4.99 Å². The van der Waals surface area contributed by atoms with E-state index < -0.39 is 0 Å². The molecule has 4 heteroatoms. The Kier molecular flexibility index (Phi) is 4.54.